The van der Waals surface area contributed by atoms with Gasteiger partial charge in [-0.3, -0.25) is 0 Å². The van der Waals surface area contributed by atoms with Crippen molar-refractivity contribution in [3.63, 3.8) is 0 Å². The lowest BCUT2D eigenvalue weighted by atomic mass is 10.1. The van der Waals surface area contributed by atoms with Gasteiger partial charge < -0.3 is 9.84 Å². The molecular weight excluding hydrogens is 268 g/mol. The van der Waals surface area contributed by atoms with Crippen LogP contribution in [0.2, 0.25) is 0 Å². The van der Waals surface area contributed by atoms with Crippen molar-refractivity contribution in [3.8, 4) is 0 Å². The molecule has 5 nitrogen and oxygen atoms in total. The van der Waals surface area contributed by atoms with E-state index in [1.807, 2.05) is 26.0 Å². The van der Waals surface area contributed by atoms with Gasteiger partial charge in [0.1, 0.15) is 5.76 Å². The molecule has 0 aliphatic rings. The molecule has 0 radical (unpaired) electrons. The molecule has 1 rings (SSSR count). The Balaban J connectivity index is 3.05. The summed E-state index contributed by atoms with van der Waals surface area (Å²) in [6.45, 7) is 3.93. The van der Waals surface area contributed by atoms with Crippen molar-refractivity contribution in [2.75, 3.05) is 13.0 Å². The fourth-order valence-corrected chi connectivity index (χ4v) is 1.40. The number of alkyl halides is 1. The largest absolute Gasteiger partial charge is 0.508 e. The van der Waals surface area contributed by atoms with Gasteiger partial charge >= 0.3 is 5.97 Å². The topological polar surface area (TPSA) is 71.2 Å². The van der Waals surface area contributed by atoms with Crippen molar-refractivity contribution >= 4 is 23.3 Å². The zero-order chi connectivity index (χ0) is 14.4. The second kappa shape index (κ2) is 6.89. The number of esters is 1. The second-order valence-corrected chi connectivity index (χ2v) is 4.16. The summed E-state index contributed by atoms with van der Waals surface area (Å²) in [6, 6.07) is 5.48. The van der Waals surface area contributed by atoms with Crippen LogP contribution in [0.5, 0.6) is 0 Å². The maximum absolute atomic E-state index is 11.4. The van der Waals surface area contributed by atoms with Crippen LogP contribution in [0.15, 0.2) is 39.9 Å². The average Bonchev–Trinajstić information content (AvgIpc) is 2.42. The van der Waals surface area contributed by atoms with E-state index in [4.69, 9.17) is 11.6 Å². The van der Waals surface area contributed by atoms with E-state index in [0.717, 1.165) is 11.1 Å². The number of methoxy groups -OCH3 is 1. The van der Waals surface area contributed by atoms with Crippen LogP contribution >= 0.6 is 11.6 Å². The first-order chi connectivity index (χ1) is 8.99. The van der Waals surface area contributed by atoms with Gasteiger partial charge in [-0.1, -0.05) is 6.07 Å². The molecule has 1 N–H and O–H groups in total. The standard InChI is InChI=1S/C13H15ClN2O3/c1-8-4-5-10(6-9(8)2)15-16-12(11(17)7-14)13(18)19-3/h4-6,17H,7H2,1-3H3. The van der Waals surface area contributed by atoms with Gasteiger partial charge in [0.25, 0.3) is 0 Å². The number of rotatable bonds is 4. The minimum atomic E-state index is -0.786. The van der Waals surface area contributed by atoms with Gasteiger partial charge in [0.15, 0.2) is 0 Å². The van der Waals surface area contributed by atoms with E-state index in [1.54, 1.807) is 6.07 Å². The van der Waals surface area contributed by atoms with E-state index in [9.17, 15) is 9.90 Å². The zero-order valence-corrected chi connectivity index (χ0v) is 11.7. The van der Waals surface area contributed by atoms with E-state index >= 15 is 0 Å². The molecule has 6 heteroatoms. The average molecular weight is 283 g/mol. The molecular formula is C13H15ClN2O3. The number of ether oxygens (including phenoxy) is 1. The molecule has 0 aliphatic heterocycles. The Morgan fingerprint density at radius 3 is 2.58 bits per heavy atom. The summed E-state index contributed by atoms with van der Waals surface area (Å²) in [5, 5.41) is 17.1. The van der Waals surface area contributed by atoms with Crippen LogP contribution in [0.3, 0.4) is 0 Å². The monoisotopic (exact) mass is 282 g/mol. The molecule has 0 aliphatic carbocycles. The molecule has 1 aromatic carbocycles. The number of aliphatic hydroxyl groups is 1. The molecule has 1 aromatic rings. The number of hydrogen-bond acceptors (Lipinski definition) is 5. The molecule has 0 unspecified atom stereocenters. The first-order valence-corrected chi connectivity index (χ1v) is 6.08. The van der Waals surface area contributed by atoms with E-state index in [1.165, 1.54) is 7.11 Å². The summed E-state index contributed by atoms with van der Waals surface area (Å²) in [5.41, 5.74) is 2.47. The van der Waals surface area contributed by atoms with Crippen molar-refractivity contribution in [1.82, 2.24) is 0 Å². The Morgan fingerprint density at radius 1 is 1.37 bits per heavy atom. The number of azo groups is 1. The van der Waals surface area contributed by atoms with Crippen molar-refractivity contribution in [2.24, 2.45) is 10.2 Å². The van der Waals surface area contributed by atoms with Gasteiger partial charge in [0.05, 0.1) is 18.7 Å². The van der Waals surface area contributed by atoms with E-state index in [-0.39, 0.29) is 17.3 Å². The lowest BCUT2D eigenvalue weighted by Crippen LogP contribution is -2.06. The Labute approximate surface area is 116 Å². The molecule has 0 saturated heterocycles. The number of aliphatic hydroxyl groups excluding tert-OH is 1. The third-order valence-electron chi connectivity index (χ3n) is 2.53. The number of carbonyl (C=O) groups excluding carboxylic acids is 1. The Morgan fingerprint density at radius 2 is 2.05 bits per heavy atom. The van der Waals surface area contributed by atoms with Crippen LogP contribution in [0.4, 0.5) is 5.69 Å². The maximum atomic E-state index is 11.4. The van der Waals surface area contributed by atoms with Crippen molar-refractivity contribution < 1.29 is 14.6 Å². The Bertz CT molecular complexity index is 539. The van der Waals surface area contributed by atoms with E-state index in [2.05, 4.69) is 15.0 Å². The van der Waals surface area contributed by atoms with Crippen LogP contribution in [0, 0.1) is 13.8 Å². The van der Waals surface area contributed by atoms with Crippen molar-refractivity contribution in [2.45, 2.75) is 13.8 Å². The van der Waals surface area contributed by atoms with Crippen LogP contribution in [-0.2, 0) is 9.53 Å². The third-order valence-corrected chi connectivity index (χ3v) is 2.79. The predicted molar refractivity (Wildman–Crippen MR) is 72.8 cm³/mol. The molecule has 102 valence electrons. The van der Waals surface area contributed by atoms with Gasteiger partial charge in [-0.15, -0.1) is 16.7 Å². The van der Waals surface area contributed by atoms with Crippen molar-refractivity contribution in [3.05, 3.63) is 40.8 Å². The van der Waals surface area contributed by atoms with Gasteiger partial charge in [-0.05, 0) is 37.1 Å². The normalized spacial score (nSPS) is 12.4. The summed E-state index contributed by atoms with van der Waals surface area (Å²) in [7, 11) is 1.19. The number of allylic oxidation sites excluding steroid dienone is 1. The summed E-state index contributed by atoms with van der Waals surface area (Å²) in [4.78, 5) is 11.4. The van der Waals surface area contributed by atoms with Gasteiger partial charge in [-0.2, -0.15) is 5.11 Å². The quantitative estimate of drug-likeness (QED) is 0.302. The second-order valence-electron chi connectivity index (χ2n) is 3.89. The minimum absolute atomic E-state index is 0.240. The first-order valence-electron chi connectivity index (χ1n) is 5.55. The smallest absolute Gasteiger partial charge is 0.362 e. The summed E-state index contributed by atoms with van der Waals surface area (Å²) < 4.78 is 4.50. The highest BCUT2D eigenvalue weighted by Gasteiger charge is 2.15. The molecule has 0 fully saturated rings. The number of benzene rings is 1. The number of halogens is 1. The summed E-state index contributed by atoms with van der Waals surface area (Å²) in [5.74, 6) is -1.40. The lowest BCUT2D eigenvalue weighted by molar-refractivity contribution is -0.136. The Kier molecular flexibility index (Phi) is 5.51. The van der Waals surface area contributed by atoms with Gasteiger partial charge in [0, 0.05) is 0 Å². The number of carbonyl (C=O) groups is 1. The SMILES string of the molecule is COC(=O)C(N=Nc1ccc(C)c(C)c1)=C(O)CCl. The molecule has 0 spiro atoms. The lowest BCUT2D eigenvalue weighted by Gasteiger charge is -2.02. The number of aryl methyl sites for hydroxylation is 2. The van der Waals surface area contributed by atoms with Crippen LogP contribution in [0.25, 0.3) is 0 Å². The highest BCUT2D eigenvalue weighted by Crippen LogP contribution is 2.19. The fourth-order valence-electron chi connectivity index (χ4n) is 1.27. The Hall–Kier alpha value is -1.88. The molecule has 0 bridgehead atoms. The van der Waals surface area contributed by atoms with Crippen LogP contribution < -0.4 is 0 Å². The zero-order valence-electron chi connectivity index (χ0n) is 11.0. The van der Waals surface area contributed by atoms with Gasteiger partial charge in [0.2, 0.25) is 5.70 Å². The predicted octanol–water partition coefficient (Wildman–Crippen LogP) is 3.57. The fraction of sp³-hybridized carbons (Fsp3) is 0.308. The van der Waals surface area contributed by atoms with Crippen molar-refractivity contribution in [1.29, 1.82) is 0 Å². The highest BCUT2D eigenvalue weighted by atomic mass is 35.5. The molecule has 0 atom stereocenters. The molecule has 0 saturated carbocycles. The van der Waals surface area contributed by atoms with Crippen LogP contribution in [-0.4, -0.2) is 24.1 Å². The third kappa shape index (κ3) is 4.06. The number of nitrogens with zero attached hydrogens (tertiary/aromatic N) is 2. The minimum Gasteiger partial charge on any atom is -0.508 e. The maximum Gasteiger partial charge on any atom is 0.362 e. The first kappa shape index (κ1) is 15.2. The molecule has 19 heavy (non-hydrogen) atoms. The van der Waals surface area contributed by atoms with E-state index < -0.39 is 5.97 Å². The highest BCUT2D eigenvalue weighted by molar-refractivity contribution is 6.19. The summed E-state index contributed by atoms with van der Waals surface area (Å²) >= 11 is 5.46. The summed E-state index contributed by atoms with van der Waals surface area (Å²) in [6.07, 6.45) is 0. The van der Waals surface area contributed by atoms with Gasteiger partial charge in [-0.25, -0.2) is 4.79 Å². The molecule has 0 aromatic heterocycles. The molecule has 0 heterocycles. The van der Waals surface area contributed by atoms with Crippen LogP contribution in [0.1, 0.15) is 11.1 Å². The number of hydrogen-bond donors (Lipinski definition) is 1. The molecule has 0 amide bonds. The van der Waals surface area contributed by atoms with E-state index in [0.29, 0.717) is 5.69 Å².